The molecule has 2 heterocycles. The first-order valence-electron chi connectivity index (χ1n) is 6.22. The number of ether oxygens (including phenoxy) is 1. The van der Waals surface area contributed by atoms with Gasteiger partial charge in [0.2, 0.25) is 5.88 Å². The van der Waals surface area contributed by atoms with Gasteiger partial charge in [-0.1, -0.05) is 18.2 Å². The van der Waals surface area contributed by atoms with Gasteiger partial charge in [0, 0.05) is 11.6 Å². The van der Waals surface area contributed by atoms with Gasteiger partial charge in [0.25, 0.3) is 0 Å². The maximum atomic E-state index is 13.4. The zero-order valence-corrected chi connectivity index (χ0v) is 11.3. The number of aromatic nitrogens is 2. The third-order valence-electron chi connectivity index (χ3n) is 3.34. The molecule has 0 spiro atoms. The minimum Gasteiger partial charge on any atom is -0.480 e. The van der Waals surface area contributed by atoms with Gasteiger partial charge in [0.15, 0.2) is 0 Å². The van der Waals surface area contributed by atoms with Crippen LogP contribution in [0.4, 0.5) is 13.2 Å². The van der Waals surface area contributed by atoms with Gasteiger partial charge in [0.05, 0.1) is 29.1 Å². The quantitative estimate of drug-likeness (QED) is 0.633. The number of pyridine rings is 2. The fourth-order valence-corrected chi connectivity index (χ4v) is 2.47. The molecule has 0 saturated carbocycles. The van der Waals surface area contributed by atoms with E-state index in [0.29, 0.717) is 10.9 Å². The second-order valence-corrected chi connectivity index (χ2v) is 4.68. The molecule has 0 aliphatic heterocycles. The van der Waals surface area contributed by atoms with Crippen molar-refractivity contribution in [2.45, 2.75) is 13.1 Å². The SMILES string of the molecule is COc1nc2ccccc2c2ncc(C)c(C(F)(F)F)c12. The standard InChI is InChI=1S/C15H11F3N2O/c1-8-7-19-13-9-5-3-4-6-10(9)20-14(21-2)11(13)12(8)15(16,17)18/h3-7H,1-2H3. The predicted molar refractivity (Wildman–Crippen MR) is 73.3 cm³/mol. The number of nitrogens with zero attached hydrogens (tertiary/aromatic N) is 2. The van der Waals surface area contributed by atoms with Crippen molar-refractivity contribution in [3.05, 3.63) is 41.6 Å². The van der Waals surface area contributed by atoms with Crippen LogP contribution >= 0.6 is 0 Å². The normalized spacial score (nSPS) is 12.0. The van der Waals surface area contributed by atoms with Crippen LogP contribution in [0.3, 0.4) is 0 Å². The van der Waals surface area contributed by atoms with Gasteiger partial charge in [-0.15, -0.1) is 0 Å². The summed E-state index contributed by atoms with van der Waals surface area (Å²) in [6.45, 7) is 1.38. The Morgan fingerprint density at radius 3 is 2.52 bits per heavy atom. The van der Waals surface area contributed by atoms with E-state index in [4.69, 9.17) is 4.74 Å². The van der Waals surface area contributed by atoms with E-state index in [-0.39, 0.29) is 22.3 Å². The zero-order chi connectivity index (χ0) is 15.2. The van der Waals surface area contributed by atoms with Crippen molar-refractivity contribution < 1.29 is 17.9 Å². The van der Waals surface area contributed by atoms with Crippen LogP contribution in [0, 0.1) is 6.92 Å². The number of hydrogen-bond donors (Lipinski definition) is 0. The fourth-order valence-electron chi connectivity index (χ4n) is 2.47. The third kappa shape index (κ3) is 2.07. The fraction of sp³-hybridized carbons (Fsp3) is 0.200. The van der Waals surface area contributed by atoms with Gasteiger partial charge in [-0.2, -0.15) is 13.2 Å². The highest BCUT2D eigenvalue weighted by molar-refractivity contribution is 6.07. The topological polar surface area (TPSA) is 35.0 Å². The summed E-state index contributed by atoms with van der Waals surface area (Å²) >= 11 is 0. The average Bonchev–Trinajstić information content (AvgIpc) is 2.44. The molecule has 21 heavy (non-hydrogen) atoms. The Kier molecular flexibility index (Phi) is 2.97. The molecular weight excluding hydrogens is 281 g/mol. The van der Waals surface area contributed by atoms with Crippen LogP contribution in [0.25, 0.3) is 21.8 Å². The molecule has 0 amide bonds. The van der Waals surface area contributed by atoms with Gasteiger partial charge in [-0.05, 0) is 18.6 Å². The molecule has 1 aromatic carbocycles. The van der Waals surface area contributed by atoms with E-state index in [1.54, 1.807) is 24.3 Å². The van der Waals surface area contributed by atoms with Gasteiger partial charge in [0.1, 0.15) is 0 Å². The minimum absolute atomic E-state index is 0.0466. The maximum Gasteiger partial charge on any atom is 0.417 e. The van der Waals surface area contributed by atoms with E-state index in [1.807, 2.05) is 0 Å². The van der Waals surface area contributed by atoms with Crippen LogP contribution < -0.4 is 4.74 Å². The van der Waals surface area contributed by atoms with Gasteiger partial charge >= 0.3 is 6.18 Å². The van der Waals surface area contributed by atoms with Crippen LogP contribution in [0.5, 0.6) is 5.88 Å². The van der Waals surface area contributed by atoms with Gasteiger partial charge in [-0.3, -0.25) is 4.98 Å². The van der Waals surface area contributed by atoms with E-state index in [2.05, 4.69) is 9.97 Å². The molecule has 0 unspecified atom stereocenters. The molecule has 0 radical (unpaired) electrons. The highest BCUT2D eigenvalue weighted by atomic mass is 19.4. The number of aryl methyl sites for hydroxylation is 1. The monoisotopic (exact) mass is 292 g/mol. The molecule has 6 heteroatoms. The number of fused-ring (bicyclic) bond motifs is 3. The van der Waals surface area contributed by atoms with Crippen molar-refractivity contribution >= 4 is 21.8 Å². The first-order valence-corrected chi connectivity index (χ1v) is 6.22. The van der Waals surface area contributed by atoms with Gasteiger partial charge in [-0.25, -0.2) is 4.98 Å². The molecule has 2 aromatic heterocycles. The Labute approximate surface area is 118 Å². The molecule has 0 atom stereocenters. The number of halogens is 3. The van der Waals surface area contributed by atoms with E-state index >= 15 is 0 Å². The lowest BCUT2D eigenvalue weighted by atomic mass is 10.0. The summed E-state index contributed by atoms with van der Waals surface area (Å²) in [4.78, 5) is 8.35. The Morgan fingerprint density at radius 2 is 1.86 bits per heavy atom. The summed E-state index contributed by atoms with van der Waals surface area (Å²) < 4.78 is 45.2. The number of methoxy groups -OCH3 is 1. The average molecular weight is 292 g/mol. The first-order chi connectivity index (χ1) is 9.93. The van der Waals surface area contributed by atoms with Crippen LogP contribution in [-0.2, 0) is 6.18 Å². The Bertz CT molecular complexity index is 844. The Morgan fingerprint density at radius 1 is 1.14 bits per heavy atom. The van der Waals surface area contributed by atoms with Gasteiger partial charge < -0.3 is 4.74 Å². The number of hydrogen-bond acceptors (Lipinski definition) is 3. The van der Waals surface area contributed by atoms with Crippen LogP contribution in [0.15, 0.2) is 30.5 Å². The minimum atomic E-state index is -4.50. The van der Waals surface area contributed by atoms with E-state index in [1.165, 1.54) is 20.2 Å². The third-order valence-corrected chi connectivity index (χ3v) is 3.34. The number of benzene rings is 1. The highest BCUT2D eigenvalue weighted by Gasteiger charge is 2.36. The Hall–Kier alpha value is -2.37. The molecular formula is C15H11F3N2O. The summed E-state index contributed by atoms with van der Waals surface area (Å²) in [5.41, 5.74) is 0.0923. The molecule has 0 N–H and O–H groups in total. The van der Waals surface area contributed by atoms with Crippen molar-refractivity contribution in [1.29, 1.82) is 0 Å². The number of alkyl halides is 3. The smallest absolute Gasteiger partial charge is 0.417 e. The second-order valence-electron chi connectivity index (χ2n) is 4.68. The molecule has 108 valence electrons. The van der Waals surface area contributed by atoms with E-state index in [0.717, 1.165) is 0 Å². The first kappa shape index (κ1) is 13.6. The highest BCUT2D eigenvalue weighted by Crippen LogP contribution is 2.41. The van der Waals surface area contributed by atoms with Crippen LogP contribution in [-0.4, -0.2) is 17.1 Å². The van der Waals surface area contributed by atoms with E-state index in [9.17, 15) is 13.2 Å². The number of para-hydroxylation sites is 1. The lowest BCUT2D eigenvalue weighted by Gasteiger charge is -2.16. The second kappa shape index (κ2) is 4.58. The molecule has 3 aromatic rings. The van der Waals surface area contributed by atoms with Crippen molar-refractivity contribution in [3.8, 4) is 5.88 Å². The summed E-state index contributed by atoms with van der Waals surface area (Å²) in [5, 5.41) is 0.475. The summed E-state index contributed by atoms with van der Waals surface area (Å²) in [6, 6.07) is 6.92. The van der Waals surface area contributed by atoms with Crippen molar-refractivity contribution in [2.75, 3.05) is 7.11 Å². The molecule has 0 bridgehead atoms. The largest absolute Gasteiger partial charge is 0.480 e. The Balaban J connectivity index is 2.59. The molecule has 0 aliphatic rings. The van der Waals surface area contributed by atoms with Crippen molar-refractivity contribution in [1.82, 2.24) is 9.97 Å². The van der Waals surface area contributed by atoms with Crippen molar-refractivity contribution in [2.24, 2.45) is 0 Å². The lowest BCUT2D eigenvalue weighted by molar-refractivity contribution is -0.136. The van der Waals surface area contributed by atoms with Crippen LogP contribution in [0.1, 0.15) is 11.1 Å². The van der Waals surface area contributed by atoms with E-state index < -0.39 is 11.7 Å². The zero-order valence-electron chi connectivity index (χ0n) is 11.3. The lowest BCUT2D eigenvalue weighted by Crippen LogP contribution is -2.10. The summed E-state index contributed by atoms with van der Waals surface area (Å²) in [7, 11) is 1.30. The van der Waals surface area contributed by atoms with Crippen LogP contribution in [0.2, 0.25) is 0 Å². The molecule has 3 rings (SSSR count). The molecule has 0 fully saturated rings. The predicted octanol–water partition coefficient (Wildman–Crippen LogP) is 4.12. The molecule has 3 nitrogen and oxygen atoms in total. The van der Waals surface area contributed by atoms with Crippen molar-refractivity contribution in [3.63, 3.8) is 0 Å². The maximum absolute atomic E-state index is 13.4. The summed E-state index contributed by atoms with van der Waals surface area (Å²) in [5.74, 6) is -0.0628. The summed E-state index contributed by atoms with van der Waals surface area (Å²) in [6.07, 6.45) is -3.26. The number of rotatable bonds is 1. The molecule has 0 aliphatic carbocycles. The molecule has 0 saturated heterocycles.